The lowest BCUT2D eigenvalue weighted by atomic mass is 9.98. The number of benzene rings is 2. The van der Waals surface area contributed by atoms with Crippen molar-refractivity contribution in [3.8, 4) is 11.1 Å². The van der Waals surface area contributed by atoms with Crippen molar-refractivity contribution in [3.63, 3.8) is 0 Å². The molecule has 2 aromatic carbocycles. The average molecular weight is 325 g/mol. The Labute approximate surface area is 147 Å². The predicted octanol–water partition coefficient (Wildman–Crippen LogP) is 4.91. The van der Waals surface area contributed by atoms with Gasteiger partial charge in [-0.1, -0.05) is 76.2 Å². The van der Waals surface area contributed by atoms with Crippen LogP contribution in [-0.2, 0) is 6.54 Å². The minimum absolute atomic E-state index is 0.587. The number of rotatable bonds is 9. The van der Waals surface area contributed by atoms with E-state index < -0.39 is 0 Å². The maximum absolute atomic E-state index is 3.54. The van der Waals surface area contributed by atoms with E-state index in [0.29, 0.717) is 5.92 Å². The maximum atomic E-state index is 3.54. The van der Waals surface area contributed by atoms with E-state index >= 15 is 0 Å². The minimum Gasteiger partial charge on any atom is -0.311 e. The number of hydrogen-bond donors (Lipinski definition) is 1. The van der Waals surface area contributed by atoms with E-state index in [1.165, 1.54) is 22.3 Å². The molecule has 0 atom stereocenters. The topological polar surface area (TPSA) is 15.3 Å². The summed E-state index contributed by atoms with van der Waals surface area (Å²) in [5.74, 6) is 0.587. The predicted molar refractivity (Wildman–Crippen MR) is 105 cm³/mol. The van der Waals surface area contributed by atoms with Crippen LogP contribution in [0.5, 0.6) is 0 Å². The summed E-state index contributed by atoms with van der Waals surface area (Å²) in [5, 5.41) is 3.54. The van der Waals surface area contributed by atoms with Gasteiger partial charge in [-0.15, -0.1) is 0 Å². The Bertz CT molecular complexity index is 580. The summed E-state index contributed by atoms with van der Waals surface area (Å²) in [4.78, 5) is 2.44. The van der Waals surface area contributed by atoms with Gasteiger partial charge in [-0.3, -0.25) is 0 Å². The molecule has 0 aliphatic rings. The highest BCUT2D eigenvalue weighted by molar-refractivity contribution is 5.64. The van der Waals surface area contributed by atoms with Crippen LogP contribution in [0.1, 0.15) is 44.7 Å². The zero-order chi connectivity index (χ0) is 17.4. The standard InChI is InChI=1S/C22H32N2/c1-5-24(6-2)16-15-23-17-19-7-9-21(10-8-19)22-13-11-20(12-14-22)18(3)4/h7-14,18,23H,5-6,15-17H2,1-4H3. The first kappa shape index (κ1) is 18.7. The van der Waals surface area contributed by atoms with Crippen molar-refractivity contribution >= 4 is 0 Å². The summed E-state index contributed by atoms with van der Waals surface area (Å²) < 4.78 is 0. The number of nitrogens with one attached hydrogen (secondary N) is 1. The molecule has 0 unspecified atom stereocenters. The highest BCUT2D eigenvalue weighted by Gasteiger charge is 2.02. The van der Waals surface area contributed by atoms with Gasteiger partial charge in [0, 0.05) is 19.6 Å². The third-order valence-electron chi connectivity index (χ3n) is 4.69. The van der Waals surface area contributed by atoms with E-state index in [2.05, 4.69) is 86.4 Å². The van der Waals surface area contributed by atoms with Crippen LogP contribution in [0.25, 0.3) is 11.1 Å². The highest BCUT2D eigenvalue weighted by Crippen LogP contribution is 2.23. The van der Waals surface area contributed by atoms with Gasteiger partial charge in [0.1, 0.15) is 0 Å². The fourth-order valence-corrected chi connectivity index (χ4v) is 2.89. The van der Waals surface area contributed by atoms with Gasteiger partial charge >= 0.3 is 0 Å². The molecule has 0 bridgehead atoms. The van der Waals surface area contributed by atoms with Crippen molar-refractivity contribution in [1.29, 1.82) is 0 Å². The lowest BCUT2D eigenvalue weighted by Gasteiger charge is -2.18. The van der Waals surface area contributed by atoms with Gasteiger partial charge in [-0.25, -0.2) is 0 Å². The highest BCUT2D eigenvalue weighted by atomic mass is 15.1. The lowest BCUT2D eigenvalue weighted by Crippen LogP contribution is -2.31. The first-order valence-corrected chi connectivity index (χ1v) is 9.26. The van der Waals surface area contributed by atoms with Crippen LogP contribution in [0.2, 0.25) is 0 Å². The minimum atomic E-state index is 0.587. The average Bonchev–Trinajstić information content (AvgIpc) is 2.62. The number of nitrogens with zero attached hydrogens (tertiary/aromatic N) is 1. The van der Waals surface area contributed by atoms with Crippen molar-refractivity contribution in [2.45, 2.75) is 40.2 Å². The molecule has 0 spiro atoms. The van der Waals surface area contributed by atoms with E-state index in [4.69, 9.17) is 0 Å². The molecule has 0 fully saturated rings. The quantitative estimate of drug-likeness (QED) is 0.659. The molecule has 2 nitrogen and oxygen atoms in total. The number of likely N-dealkylation sites (N-methyl/N-ethyl adjacent to an activating group) is 1. The SMILES string of the molecule is CCN(CC)CCNCc1ccc(-c2ccc(C(C)C)cc2)cc1. The van der Waals surface area contributed by atoms with Gasteiger partial charge in [0.15, 0.2) is 0 Å². The van der Waals surface area contributed by atoms with Crippen LogP contribution in [-0.4, -0.2) is 31.1 Å². The molecule has 0 radical (unpaired) electrons. The molecule has 130 valence electrons. The monoisotopic (exact) mass is 324 g/mol. The molecule has 24 heavy (non-hydrogen) atoms. The Balaban J connectivity index is 1.86. The Morgan fingerprint density at radius 3 is 1.88 bits per heavy atom. The van der Waals surface area contributed by atoms with Gasteiger partial charge < -0.3 is 10.2 Å². The third kappa shape index (κ3) is 5.47. The van der Waals surface area contributed by atoms with Crippen molar-refractivity contribution in [2.24, 2.45) is 0 Å². The largest absolute Gasteiger partial charge is 0.311 e. The summed E-state index contributed by atoms with van der Waals surface area (Å²) in [5.41, 5.74) is 5.32. The first-order chi connectivity index (χ1) is 11.6. The van der Waals surface area contributed by atoms with Crippen molar-refractivity contribution in [2.75, 3.05) is 26.2 Å². The van der Waals surface area contributed by atoms with Gasteiger partial charge in [0.25, 0.3) is 0 Å². The molecule has 0 aromatic heterocycles. The Morgan fingerprint density at radius 2 is 1.38 bits per heavy atom. The molecule has 1 N–H and O–H groups in total. The molecular weight excluding hydrogens is 292 g/mol. The fourth-order valence-electron chi connectivity index (χ4n) is 2.89. The lowest BCUT2D eigenvalue weighted by molar-refractivity contribution is 0.302. The molecule has 2 heteroatoms. The fraction of sp³-hybridized carbons (Fsp3) is 0.455. The Hall–Kier alpha value is -1.64. The smallest absolute Gasteiger partial charge is 0.0206 e. The third-order valence-corrected chi connectivity index (χ3v) is 4.69. The molecule has 0 aliphatic carbocycles. The van der Waals surface area contributed by atoms with Crippen LogP contribution >= 0.6 is 0 Å². The van der Waals surface area contributed by atoms with Crippen molar-refractivity contribution in [3.05, 3.63) is 59.7 Å². The summed E-state index contributed by atoms with van der Waals surface area (Å²) in [6.45, 7) is 14.3. The van der Waals surface area contributed by atoms with Crippen molar-refractivity contribution in [1.82, 2.24) is 10.2 Å². The van der Waals surface area contributed by atoms with Crippen molar-refractivity contribution < 1.29 is 0 Å². The molecule has 0 saturated heterocycles. The summed E-state index contributed by atoms with van der Waals surface area (Å²) >= 11 is 0. The molecular formula is C22H32N2. The second kappa shape index (κ2) is 9.61. The molecule has 2 rings (SSSR count). The second-order valence-electron chi connectivity index (χ2n) is 6.68. The van der Waals surface area contributed by atoms with E-state index in [1.54, 1.807) is 0 Å². The van der Waals surface area contributed by atoms with E-state index in [1.807, 2.05) is 0 Å². The van der Waals surface area contributed by atoms with Crippen LogP contribution in [0, 0.1) is 0 Å². The van der Waals surface area contributed by atoms with Gasteiger partial charge in [0.2, 0.25) is 0 Å². The molecule has 0 heterocycles. The Kier molecular flexibility index (Phi) is 7.48. The molecule has 0 saturated carbocycles. The zero-order valence-corrected chi connectivity index (χ0v) is 15.7. The molecule has 2 aromatic rings. The van der Waals surface area contributed by atoms with Gasteiger partial charge in [0.05, 0.1) is 0 Å². The van der Waals surface area contributed by atoms with Gasteiger partial charge in [-0.2, -0.15) is 0 Å². The van der Waals surface area contributed by atoms with Gasteiger partial charge in [-0.05, 0) is 41.3 Å². The molecule has 0 aliphatic heterocycles. The summed E-state index contributed by atoms with van der Waals surface area (Å²) in [6.07, 6.45) is 0. The maximum Gasteiger partial charge on any atom is 0.0206 e. The van der Waals surface area contributed by atoms with E-state index in [9.17, 15) is 0 Å². The summed E-state index contributed by atoms with van der Waals surface area (Å²) in [6, 6.07) is 17.9. The summed E-state index contributed by atoms with van der Waals surface area (Å²) in [7, 11) is 0. The first-order valence-electron chi connectivity index (χ1n) is 9.26. The van der Waals surface area contributed by atoms with Crippen LogP contribution in [0.4, 0.5) is 0 Å². The second-order valence-corrected chi connectivity index (χ2v) is 6.68. The zero-order valence-electron chi connectivity index (χ0n) is 15.7. The molecule has 0 amide bonds. The normalized spacial score (nSPS) is 11.4. The van der Waals surface area contributed by atoms with Crippen LogP contribution < -0.4 is 5.32 Å². The van der Waals surface area contributed by atoms with E-state index in [0.717, 1.165) is 32.7 Å². The Morgan fingerprint density at radius 1 is 0.833 bits per heavy atom. The van der Waals surface area contributed by atoms with Crippen LogP contribution in [0.3, 0.4) is 0 Å². The van der Waals surface area contributed by atoms with E-state index in [-0.39, 0.29) is 0 Å². The number of hydrogen-bond acceptors (Lipinski definition) is 2. The van der Waals surface area contributed by atoms with Crippen LogP contribution in [0.15, 0.2) is 48.5 Å².